The summed E-state index contributed by atoms with van der Waals surface area (Å²) in [5.74, 6) is 0.0713. The molecule has 0 fully saturated rings. The Kier molecular flexibility index (Phi) is 3.23. The second-order valence-corrected chi connectivity index (χ2v) is 4.92. The lowest BCUT2D eigenvalue weighted by molar-refractivity contribution is 0.425. The lowest BCUT2D eigenvalue weighted by Crippen LogP contribution is -1.85. The number of para-hydroxylation sites is 1. The van der Waals surface area contributed by atoms with Crippen molar-refractivity contribution >= 4 is 15.9 Å². The Labute approximate surface area is 122 Å². The van der Waals surface area contributed by atoms with Crippen LogP contribution in [0.2, 0.25) is 0 Å². The number of nitrogens with zero attached hydrogens (tertiary/aromatic N) is 2. The van der Waals surface area contributed by atoms with Crippen LogP contribution in [0.25, 0.3) is 22.8 Å². The molecule has 0 radical (unpaired) electrons. The van der Waals surface area contributed by atoms with E-state index in [1.54, 1.807) is 24.3 Å². The fraction of sp³-hybridized carbons (Fsp3) is 0. The number of aromatic hydroxyl groups is 1. The Morgan fingerprint density at radius 1 is 1.10 bits per heavy atom. The molecule has 1 N–H and O–H groups in total. The predicted molar refractivity (Wildman–Crippen MR) is 74.5 cm³/mol. The average Bonchev–Trinajstić information content (AvgIpc) is 2.91. The van der Waals surface area contributed by atoms with Gasteiger partial charge in [0.25, 0.3) is 5.89 Å². The van der Waals surface area contributed by atoms with E-state index in [1.165, 1.54) is 18.2 Å². The SMILES string of the molecule is Oc1ccccc1-c1nc(-c2cc(F)ccc2Br)no1. The third-order valence-corrected chi connectivity index (χ3v) is 3.42. The summed E-state index contributed by atoms with van der Waals surface area (Å²) in [6, 6.07) is 10.8. The van der Waals surface area contributed by atoms with E-state index in [2.05, 4.69) is 26.1 Å². The summed E-state index contributed by atoms with van der Waals surface area (Å²) in [5.41, 5.74) is 0.911. The summed E-state index contributed by atoms with van der Waals surface area (Å²) in [7, 11) is 0. The zero-order chi connectivity index (χ0) is 14.1. The summed E-state index contributed by atoms with van der Waals surface area (Å²) in [5, 5.41) is 13.6. The lowest BCUT2D eigenvalue weighted by atomic mass is 10.2. The highest BCUT2D eigenvalue weighted by atomic mass is 79.9. The van der Waals surface area contributed by atoms with Crippen molar-refractivity contribution in [3.63, 3.8) is 0 Å². The topological polar surface area (TPSA) is 59.2 Å². The van der Waals surface area contributed by atoms with Crippen LogP contribution >= 0.6 is 15.9 Å². The van der Waals surface area contributed by atoms with Crippen LogP contribution in [-0.4, -0.2) is 15.2 Å². The van der Waals surface area contributed by atoms with Crippen molar-refractivity contribution in [2.24, 2.45) is 0 Å². The molecule has 0 aliphatic carbocycles. The van der Waals surface area contributed by atoms with Crippen molar-refractivity contribution in [1.29, 1.82) is 0 Å². The lowest BCUT2D eigenvalue weighted by Gasteiger charge is -1.98. The maximum absolute atomic E-state index is 13.3. The minimum atomic E-state index is -0.392. The van der Waals surface area contributed by atoms with Gasteiger partial charge < -0.3 is 9.63 Å². The summed E-state index contributed by atoms with van der Waals surface area (Å²) >= 11 is 3.31. The smallest absolute Gasteiger partial charge is 0.261 e. The molecule has 1 aromatic heterocycles. The van der Waals surface area contributed by atoms with Crippen molar-refractivity contribution in [2.45, 2.75) is 0 Å². The predicted octanol–water partition coefficient (Wildman–Crippen LogP) is 4.01. The Hall–Kier alpha value is -2.21. The second kappa shape index (κ2) is 5.05. The van der Waals surface area contributed by atoms with Gasteiger partial charge in [0.1, 0.15) is 11.6 Å². The number of aromatic nitrogens is 2. The molecule has 2 aromatic carbocycles. The quantitative estimate of drug-likeness (QED) is 0.769. The van der Waals surface area contributed by atoms with Gasteiger partial charge in [0.05, 0.1) is 5.56 Å². The molecule has 4 nitrogen and oxygen atoms in total. The van der Waals surface area contributed by atoms with E-state index in [0.29, 0.717) is 15.6 Å². The van der Waals surface area contributed by atoms with Gasteiger partial charge >= 0.3 is 0 Å². The second-order valence-electron chi connectivity index (χ2n) is 4.06. The van der Waals surface area contributed by atoms with Gasteiger partial charge in [-0.15, -0.1) is 0 Å². The summed E-state index contributed by atoms with van der Waals surface area (Å²) in [6.45, 7) is 0. The maximum Gasteiger partial charge on any atom is 0.261 e. The average molecular weight is 335 g/mol. The van der Waals surface area contributed by atoms with Crippen LogP contribution in [0.3, 0.4) is 0 Å². The maximum atomic E-state index is 13.3. The van der Waals surface area contributed by atoms with Gasteiger partial charge in [-0.25, -0.2) is 4.39 Å². The highest BCUT2D eigenvalue weighted by Gasteiger charge is 2.15. The fourth-order valence-corrected chi connectivity index (χ4v) is 2.19. The number of benzene rings is 2. The van der Waals surface area contributed by atoms with Crippen LogP contribution in [0.4, 0.5) is 4.39 Å². The molecule has 0 atom stereocenters. The van der Waals surface area contributed by atoms with Crippen molar-refractivity contribution in [3.05, 3.63) is 52.8 Å². The first-order valence-corrected chi connectivity index (χ1v) is 6.52. The Bertz CT molecular complexity index is 773. The molecule has 0 aliphatic rings. The first kappa shape index (κ1) is 12.8. The number of hydrogen-bond donors (Lipinski definition) is 1. The molecule has 1 heterocycles. The number of hydrogen-bond acceptors (Lipinski definition) is 4. The van der Waals surface area contributed by atoms with Crippen LogP contribution in [0.1, 0.15) is 0 Å². The third kappa shape index (κ3) is 2.30. The summed E-state index contributed by atoms with van der Waals surface area (Å²) in [6.07, 6.45) is 0. The molecular weight excluding hydrogens is 327 g/mol. The monoisotopic (exact) mass is 334 g/mol. The Morgan fingerprint density at radius 3 is 2.70 bits per heavy atom. The molecule has 0 unspecified atom stereocenters. The van der Waals surface area contributed by atoms with E-state index in [-0.39, 0.29) is 17.5 Å². The Morgan fingerprint density at radius 2 is 1.90 bits per heavy atom. The molecular formula is C14H8BrFN2O2. The Balaban J connectivity index is 2.07. The van der Waals surface area contributed by atoms with Gasteiger partial charge in [0, 0.05) is 10.0 Å². The number of halogens is 2. The van der Waals surface area contributed by atoms with Crippen LogP contribution in [0.5, 0.6) is 5.75 Å². The molecule has 0 saturated carbocycles. The van der Waals surface area contributed by atoms with Gasteiger partial charge in [-0.3, -0.25) is 0 Å². The molecule has 20 heavy (non-hydrogen) atoms. The van der Waals surface area contributed by atoms with E-state index in [4.69, 9.17) is 4.52 Å². The zero-order valence-electron chi connectivity index (χ0n) is 10.0. The molecule has 100 valence electrons. The van der Waals surface area contributed by atoms with E-state index >= 15 is 0 Å². The van der Waals surface area contributed by atoms with E-state index in [1.807, 2.05) is 0 Å². The van der Waals surface area contributed by atoms with Gasteiger partial charge in [-0.2, -0.15) is 4.98 Å². The van der Waals surface area contributed by atoms with Gasteiger partial charge in [-0.1, -0.05) is 33.2 Å². The van der Waals surface area contributed by atoms with Crippen molar-refractivity contribution in [1.82, 2.24) is 10.1 Å². The molecule has 3 aromatic rings. The number of rotatable bonds is 2. The molecule has 0 spiro atoms. The highest BCUT2D eigenvalue weighted by Crippen LogP contribution is 2.31. The molecule has 0 bridgehead atoms. The van der Waals surface area contributed by atoms with Crippen LogP contribution in [-0.2, 0) is 0 Å². The van der Waals surface area contributed by atoms with Gasteiger partial charge in [0.2, 0.25) is 5.82 Å². The normalized spacial score (nSPS) is 10.7. The van der Waals surface area contributed by atoms with E-state index < -0.39 is 5.82 Å². The molecule has 0 saturated heterocycles. The first-order chi connectivity index (χ1) is 9.65. The molecule has 0 aliphatic heterocycles. The number of phenolic OH excluding ortho intramolecular Hbond substituents is 1. The van der Waals surface area contributed by atoms with Gasteiger partial charge in [0.15, 0.2) is 0 Å². The first-order valence-electron chi connectivity index (χ1n) is 5.72. The molecule has 6 heteroatoms. The highest BCUT2D eigenvalue weighted by molar-refractivity contribution is 9.10. The van der Waals surface area contributed by atoms with Crippen LogP contribution in [0.15, 0.2) is 51.5 Å². The van der Waals surface area contributed by atoms with Crippen molar-refractivity contribution in [2.75, 3.05) is 0 Å². The third-order valence-electron chi connectivity index (χ3n) is 2.73. The minimum Gasteiger partial charge on any atom is -0.507 e. The number of phenols is 1. The van der Waals surface area contributed by atoms with Crippen LogP contribution < -0.4 is 0 Å². The van der Waals surface area contributed by atoms with Crippen molar-refractivity contribution in [3.8, 4) is 28.6 Å². The standard InChI is InChI=1S/C14H8BrFN2O2/c15-11-6-5-8(16)7-10(11)13-17-14(20-18-13)9-3-1-2-4-12(9)19/h1-7,19H. The van der Waals surface area contributed by atoms with Crippen LogP contribution in [0, 0.1) is 5.82 Å². The zero-order valence-corrected chi connectivity index (χ0v) is 11.6. The molecule has 3 rings (SSSR count). The fourth-order valence-electron chi connectivity index (χ4n) is 1.77. The largest absolute Gasteiger partial charge is 0.507 e. The van der Waals surface area contributed by atoms with E-state index in [0.717, 1.165) is 0 Å². The molecule has 0 amide bonds. The minimum absolute atomic E-state index is 0.0426. The van der Waals surface area contributed by atoms with E-state index in [9.17, 15) is 9.50 Å². The van der Waals surface area contributed by atoms with Gasteiger partial charge in [-0.05, 0) is 30.3 Å². The van der Waals surface area contributed by atoms with Crippen molar-refractivity contribution < 1.29 is 14.0 Å². The summed E-state index contributed by atoms with van der Waals surface area (Å²) < 4.78 is 19.1. The summed E-state index contributed by atoms with van der Waals surface area (Å²) in [4.78, 5) is 4.18.